The molecular formula is C118H249N13O3. The van der Waals surface area contributed by atoms with Crippen LogP contribution in [-0.2, 0) is 14.2 Å². The van der Waals surface area contributed by atoms with Gasteiger partial charge in [-0.3, -0.25) is 4.90 Å². The predicted octanol–water partition coefficient (Wildman–Crippen LogP) is 25.6. The van der Waals surface area contributed by atoms with E-state index in [0.29, 0.717) is 82.5 Å². The van der Waals surface area contributed by atoms with Crippen LogP contribution in [0.4, 0.5) is 0 Å². The van der Waals surface area contributed by atoms with Gasteiger partial charge in [-0.2, -0.15) is 0 Å². The highest BCUT2D eigenvalue weighted by molar-refractivity contribution is 4.87. The quantitative estimate of drug-likeness (QED) is 0.0860. The third kappa shape index (κ3) is 87.9. The summed E-state index contributed by atoms with van der Waals surface area (Å²) in [5.74, 6) is 3.82. The van der Waals surface area contributed by atoms with Crippen molar-refractivity contribution in [2.24, 2.45) is 94.1 Å². The Kier molecular flexibility index (Phi) is 65.2. The van der Waals surface area contributed by atoms with Crippen molar-refractivity contribution in [3.63, 3.8) is 0 Å². The minimum atomic E-state index is 0.393. The number of ether oxygens (including phenoxy) is 3. The monoisotopic (exact) mass is 1900 g/mol. The van der Waals surface area contributed by atoms with Gasteiger partial charge in [-0.25, -0.2) is 0 Å². The van der Waals surface area contributed by atoms with Gasteiger partial charge in [0.05, 0.1) is 39.1 Å². The van der Waals surface area contributed by atoms with Crippen molar-refractivity contribution < 1.29 is 14.2 Å². The maximum Gasteiger partial charge on any atom is 0.0705 e. The number of hydrogen-bond acceptors (Lipinski definition) is 16. The lowest BCUT2D eigenvalue weighted by Gasteiger charge is -2.36. The van der Waals surface area contributed by atoms with Crippen molar-refractivity contribution in [3.05, 3.63) is 0 Å². The van der Waals surface area contributed by atoms with Crippen LogP contribution in [0.1, 0.15) is 437 Å². The first kappa shape index (κ1) is 131. The Morgan fingerprint density at radius 2 is 0.530 bits per heavy atom. The zero-order chi connectivity index (χ0) is 102. The molecule has 13 heterocycles. The van der Waals surface area contributed by atoms with Gasteiger partial charge in [0.1, 0.15) is 0 Å². The summed E-state index contributed by atoms with van der Waals surface area (Å²) in [6, 6.07) is 3.00. The molecule has 13 fully saturated rings. The average Bonchev–Trinajstić information content (AvgIpc) is 1.12. The topological polar surface area (TPSA) is 149 Å². The molecule has 7 atom stereocenters. The van der Waals surface area contributed by atoms with E-state index in [1.165, 1.54) is 298 Å². The Labute approximate surface area is 841 Å². The van der Waals surface area contributed by atoms with Crippen molar-refractivity contribution in [1.82, 2.24) is 67.5 Å². The number of hydrogen-bond donors (Lipinski definition) is 9. The molecule has 134 heavy (non-hydrogen) atoms. The minimum Gasteiger partial charge on any atom is -0.379 e. The van der Waals surface area contributed by atoms with Crippen molar-refractivity contribution in [3.8, 4) is 0 Å². The maximum atomic E-state index is 5.59. The van der Waals surface area contributed by atoms with Crippen LogP contribution >= 0.6 is 0 Å². The number of nitrogens with one attached hydrogen (secondary N) is 9. The molecule has 0 bridgehead atoms. The molecule has 13 aliphatic heterocycles. The van der Waals surface area contributed by atoms with Crippen molar-refractivity contribution in [1.29, 1.82) is 0 Å². The lowest BCUT2D eigenvalue weighted by Crippen LogP contribution is -2.44. The second kappa shape index (κ2) is 66.5. The molecule has 0 amide bonds. The predicted molar refractivity (Wildman–Crippen MR) is 596 cm³/mol. The summed E-state index contributed by atoms with van der Waals surface area (Å²) >= 11 is 0. The first-order valence-corrected chi connectivity index (χ1v) is 56.7. The standard InChI is InChI=1S/4C10H21N.3C9H19NO.3C9H19N.3C8H17N/c1-10(2,3)8-9-4-6-11-7-5-9;1-10(2,3)7-9-5-4-6-11-8-9;1-10(2,3)8-9-6-4-5-7-11-9;1-10(2,3)9-11-7-5-4-6-8-11;1-9(2,3)8-10-4-6-11-7-5-10;1-9(2,3)6-8-7-11-5-4-10-8;1-9(2,3)6-8-7-10-4-5-11-8;1-9(2,3)6-8-4-5-10-7-8;1-9(2,3)7-8-5-4-6-10-8;1-9(2,3)8-10-6-4-5-7-10;1-8(2,3)4-7-5-9-6-7;1-8(2,3)6-7-4-5-9-7;1-8(2,3)7-9-5-4-6-9/h3*9,11H,4-8H2,1-3H3;4-9H2,1-3H3;4-8H2,1-3H3;2*8,10H,4-7H2,1-3H3;2*8,10H,4-7H2,1-3H3;4-8H2,1-3H3;2*7,9H,4-6H2,1-3H3;4-7H2,1-3H3. The zero-order valence-corrected chi connectivity index (χ0v) is 98.5. The molecule has 0 aromatic carbocycles. The molecule has 13 saturated heterocycles. The molecule has 13 rings (SSSR count). The molecule has 13 aliphatic rings. The van der Waals surface area contributed by atoms with E-state index in [2.05, 4.69) is 337 Å². The van der Waals surface area contributed by atoms with Gasteiger partial charge in [0.25, 0.3) is 0 Å². The molecule has 0 spiro atoms. The Bertz CT molecular complexity index is 2270. The summed E-state index contributed by atoms with van der Waals surface area (Å²) in [7, 11) is 0. The Morgan fingerprint density at radius 3 is 0.836 bits per heavy atom. The Morgan fingerprint density at radius 1 is 0.201 bits per heavy atom. The molecule has 0 aromatic rings. The van der Waals surface area contributed by atoms with E-state index >= 15 is 0 Å². The fraction of sp³-hybridized carbons (Fsp3) is 1.00. The SMILES string of the molecule is CC(C)(C)CC1CCCCN1.CC(C)(C)CC1CCCN1.CC(C)(C)CC1CCCNC1.CC(C)(C)CC1CCN1.CC(C)(C)CC1CCNC1.CC(C)(C)CC1CCNCC1.CC(C)(C)CC1CNC1.CC(C)(C)CC1CNCCO1.CC(C)(C)CC1COCCN1.CC(C)(C)CN1CCC1.CC(C)(C)CN1CCCC1.CC(C)(C)CN1CCCCC1.CC(C)(C)CN1CCOCC1. The van der Waals surface area contributed by atoms with E-state index in [1.54, 1.807) is 0 Å². The van der Waals surface area contributed by atoms with Crippen molar-refractivity contribution >= 4 is 0 Å². The van der Waals surface area contributed by atoms with E-state index in [-0.39, 0.29) is 0 Å². The second-order valence-electron chi connectivity index (χ2n) is 59.6. The van der Waals surface area contributed by atoms with Gasteiger partial charge in [-0.1, -0.05) is 283 Å². The summed E-state index contributed by atoms with van der Waals surface area (Å²) < 4.78 is 16.2. The summed E-state index contributed by atoms with van der Waals surface area (Å²) in [5, 5.41) is 30.8. The molecule has 7 unspecified atom stereocenters. The van der Waals surface area contributed by atoms with Crippen molar-refractivity contribution in [2.45, 2.75) is 467 Å². The molecule has 0 radical (unpaired) electrons. The average molecular weight is 1900 g/mol. The van der Waals surface area contributed by atoms with E-state index in [4.69, 9.17) is 14.2 Å². The van der Waals surface area contributed by atoms with Crippen LogP contribution in [0.3, 0.4) is 0 Å². The Hall–Kier alpha value is -0.640. The van der Waals surface area contributed by atoms with Crippen molar-refractivity contribution in [2.75, 3.05) is 203 Å². The molecule has 0 aromatic heterocycles. The van der Waals surface area contributed by atoms with Crippen LogP contribution in [0.15, 0.2) is 0 Å². The highest BCUT2D eigenvalue weighted by Gasteiger charge is 2.31. The fourth-order valence-electron chi connectivity index (χ4n) is 20.8. The van der Waals surface area contributed by atoms with Crippen LogP contribution in [0.5, 0.6) is 0 Å². The maximum absolute atomic E-state index is 5.59. The smallest absolute Gasteiger partial charge is 0.0705 e. The Balaban J connectivity index is 0.000000726. The lowest BCUT2D eigenvalue weighted by molar-refractivity contribution is 0.00460. The van der Waals surface area contributed by atoms with Crippen LogP contribution in [-0.4, -0.2) is 253 Å². The third-order valence-corrected chi connectivity index (χ3v) is 25.8. The molecule has 9 N–H and O–H groups in total. The van der Waals surface area contributed by atoms with E-state index in [9.17, 15) is 0 Å². The molecule has 0 saturated carbocycles. The molecule has 804 valence electrons. The minimum absolute atomic E-state index is 0.393. The van der Waals surface area contributed by atoms with Gasteiger partial charge in [-0.15, -0.1) is 0 Å². The van der Waals surface area contributed by atoms with Gasteiger partial charge >= 0.3 is 0 Å². The first-order valence-electron chi connectivity index (χ1n) is 56.7. The third-order valence-electron chi connectivity index (χ3n) is 25.8. The van der Waals surface area contributed by atoms with Gasteiger partial charge in [0.15, 0.2) is 0 Å². The lowest BCUT2D eigenvalue weighted by atomic mass is 9.81. The van der Waals surface area contributed by atoms with Gasteiger partial charge in [0, 0.05) is 83.1 Å². The van der Waals surface area contributed by atoms with Gasteiger partial charge < -0.3 is 76.8 Å². The van der Waals surface area contributed by atoms with Crippen LogP contribution in [0.25, 0.3) is 0 Å². The summed E-state index contributed by atoms with van der Waals surface area (Å²) in [5.41, 5.74) is 6.33. The summed E-state index contributed by atoms with van der Waals surface area (Å²) in [6.07, 6.45) is 36.1. The van der Waals surface area contributed by atoms with E-state index < -0.39 is 0 Å². The molecule has 16 nitrogen and oxygen atoms in total. The van der Waals surface area contributed by atoms with E-state index in [0.717, 1.165) is 114 Å². The van der Waals surface area contributed by atoms with Crippen LogP contribution in [0, 0.1) is 94.1 Å². The zero-order valence-electron chi connectivity index (χ0n) is 98.5. The summed E-state index contributed by atoms with van der Waals surface area (Å²) in [4.78, 5) is 10.2. The van der Waals surface area contributed by atoms with E-state index in [1.807, 2.05) is 0 Å². The largest absolute Gasteiger partial charge is 0.379 e. The normalized spacial score (nSPS) is 24.8. The number of rotatable bonds is 13. The number of piperidine rings is 4. The number of nitrogens with zero attached hydrogens (tertiary/aromatic N) is 4. The van der Waals surface area contributed by atoms with Crippen LogP contribution in [0.2, 0.25) is 0 Å². The second-order valence-corrected chi connectivity index (χ2v) is 59.6. The number of morpholine rings is 3. The highest BCUT2D eigenvalue weighted by Crippen LogP contribution is 2.34. The number of likely N-dealkylation sites (tertiary alicyclic amines) is 3. The van der Waals surface area contributed by atoms with Gasteiger partial charge in [0.2, 0.25) is 0 Å². The molecule has 0 aliphatic carbocycles. The highest BCUT2D eigenvalue weighted by atomic mass is 16.5. The summed E-state index contributed by atoms with van der Waals surface area (Å²) in [6.45, 7) is 126. The first-order chi connectivity index (χ1) is 61.5. The van der Waals surface area contributed by atoms with Crippen LogP contribution < -0.4 is 47.9 Å². The van der Waals surface area contributed by atoms with Gasteiger partial charge in [-0.05, 0) is 359 Å². The fourth-order valence-corrected chi connectivity index (χ4v) is 20.8. The molecular weight excluding hydrogens is 1650 g/mol. The molecule has 16 heteroatoms.